The first-order valence-corrected chi connectivity index (χ1v) is 7.60. The molecule has 0 spiro atoms. The molecule has 1 aliphatic carbocycles. The van der Waals surface area contributed by atoms with Crippen LogP contribution in [0.4, 0.5) is 5.82 Å². The fraction of sp³-hybridized carbons (Fsp3) is 0.600. The largest absolute Gasteiger partial charge is 0.383 e. The third-order valence-corrected chi connectivity index (χ3v) is 4.20. The predicted molar refractivity (Wildman–Crippen MR) is 83.9 cm³/mol. The van der Waals surface area contributed by atoms with Gasteiger partial charge >= 0.3 is 0 Å². The van der Waals surface area contributed by atoms with Crippen LogP contribution in [0.3, 0.4) is 0 Å². The molecule has 5 nitrogen and oxygen atoms in total. The van der Waals surface area contributed by atoms with Gasteiger partial charge in [0, 0.05) is 26.7 Å². The van der Waals surface area contributed by atoms with Crippen LogP contribution in [0, 0.1) is 5.92 Å². The summed E-state index contributed by atoms with van der Waals surface area (Å²) < 4.78 is 5.12. The van der Waals surface area contributed by atoms with E-state index in [1.165, 1.54) is 12.8 Å². The number of anilines is 1. The number of halogens is 1. The summed E-state index contributed by atoms with van der Waals surface area (Å²) in [6.45, 7) is 3.14. The lowest BCUT2D eigenvalue weighted by Crippen LogP contribution is -2.42. The molecule has 1 amide bonds. The van der Waals surface area contributed by atoms with Crippen LogP contribution in [-0.2, 0) is 4.74 Å². The lowest BCUT2D eigenvalue weighted by Gasteiger charge is -2.29. The van der Waals surface area contributed by atoms with E-state index >= 15 is 0 Å². The zero-order chi connectivity index (χ0) is 15.4. The molecule has 1 aromatic rings. The minimum atomic E-state index is -0.131. The van der Waals surface area contributed by atoms with Crippen molar-refractivity contribution in [3.8, 4) is 0 Å². The number of aromatic nitrogens is 1. The van der Waals surface area contributed by atoms with E-state index < -0.39 is 0 Å². The van der Waals surface area contributed by atoms with Crippen molar-refractivity contribution in [1.82, 2.24) is 9.88 Å². The van der Waals surface area contributed by atoms with Gasteiger partial charge < -0.3 is 15.0 Å². The van der Waals surface area contributed by atoms with Gasteiger partial charge in [0.15, 0.2) is 0 Å². The van der Waals surface area contributed by atoms with Gasteiger partial charge in [0.1, 0.15) is 11.5 Å². The molecule has 1 atom stereocenters. The Morgan fingerprint density at radius 3 is 2.86 bits per heavy atom. The Kier molecular flexibility index (Phi) is 5.42. The Hall–Kier alpha value is -1.33. The van der Waals surface area contributed by atoms with E-state index in [2.05, 4.69) is 17.2 Å². The van der Waals surface area contributed by atoms with Crippen LogP contribution in [0.1, 0.15) is 30.3 Å². The molecule has 1 N–H and O–H groups in total. The Bertz CT molecular complexity index is 506. The van der Waals surface area contributed by atoms with Gasteiger partial charge in [-0.3, -0.25) is 4.79 Å². The summed E-state index contributed by atoms with van der Waals surface area (Å²) in [5.41, 5.74) is 0.298. The first-order valence-electron chi connectivity index (χ1n) is 7.22. The van der Waals surface area contributed by atoms with Crippen LogP contribution in [0.5, 0.6) is 0 Å². The standard InChI is InChI=1S/C15H22ClN3O2/c1-10(11-4-5-11)19(8-9-21-3)15(20)14-12(16)6-7-13(17-2)18-14/h6-7,10-11H,4-5,8-9H2,1-3H3,(H,17,18). The zero-order valence-corrected chi connectivity index (χ0v) is 13.5. The smallest absolute Gasteiger partial charge is 0.274 e. The van der Waals surface area contributed by atoms with Crippen molar-refractivity contribution >= 4 is 23.3 Å². The highest BCUT2D eigenvalue weighted by atomic mass is 35.5. The lowest BCUT2D eigenvalue weighted by atomic mass is 10.1. The molecule has 2 rings (SSSR count). The number of hydrogen-bond acceptors (Lipinski definition) is 4. The highest BCUT2D eigenvalue weighted by molar-refractivity contribution is 6.33. The summed E-state index contributed by atoms with van der Waals surface area (Å²) in [6, 6.07) is 3.64. The lowest BCUT2D eigenvalue weighted by molar-refractivity contribution is 0.0589. The predicted octanol–water partition coefficient (Wildman–Crippen LogP) is 2.66. The summed E-state index contributed by atoms with van der Waals surface area (Å²) >= 11 is 6.16. The molecule has 0 bridgehead atoms. The van der Waals surface area contributed by atoms with E-state index in [9.17, 15) is 4.79 Å². The molecule has 1 aliphatic rings. The number of methoxy groups -OCH3 is 1. The van der Waals surface area contributed by atoms with Crippen LogP contribution in [-0.4, -0.2) is 49.1 Å². The number of nitrogens with zero attached hydrogens (tertiary/aromatic N) is 2. The van der Waals surface area contributed by atoms with Crippen LogP contribution in [0.25, 0.3) is 0 Å². The van der Waals surface area contributed by atoms with E-state index in [1.807, 2.05) is 4.90 Å². The summed E-state index contributed by atoms with van der Waals surface area (Å²) in [5, 5.41) is 3.31. The number of amides is 1. The van der Waals surface area contributed by atoms with E-state index in [-0.39, 0.29) is 11.9 Å². The topological polar surface area (TPSA) is 54.5 Å². The number of pyridine rings is 1. The Morgan fingerprint density at radius 2 is 2.29 bits per heavy atom. The summed E-state index contributed by atoms with van der Waals surface area (Å²) in [5.74, 6) is 1.08. The molecule has 1 aromatic heterocycles. The molecule has 1 saturated carbocycles. The van der Waals surface area contributed by atoms with Gasteiger partial charge in [0.2, 0.25) is 0 Å². The van der Waals surface area contributed by atoms with Crippen molar-refractivity contribution in [3.63, 3.8) is 0 Å². The van der Waals surface area contributed by atoms with Gasteiger partial charge in [-0.25, -0.2) is 4.98 Å². The van der Waals surface area contributed by atoms with Crippen LogP contribution in [0.2, 0.25) is 5.02 Å². The molecular formula is C15H22ClN3O2. The fourth-order valence-corrected chi connectivity index (χ4v) is 2.57. The van der Waals surface area contributed by atoms with Gasteiger partial charge in [-0.05, 0) is 37.8 Å². The van der Waals surface area contributed by atoms with Crippen molar-refractivity contribution < 1.29 is 9.53 Å². The van der Waals surface area contributed by atoms with Crippen molar-refractivity contribution in [2.24, 2.45) is 5.92 Å². The SMILES string of the molecule is CNc1ccc(Cl)c(C(=O)N(CCOC)C(C)C2CC2)n1. The van der Waals surface area contributed by atoms with E-state index in [4.69, 9.17) is 16.3 Å². The van der Waals surface area contributed by atoms with E-state index in [1.54, 1.807) is 26.3 Å². The maximum absolute atomic E-state index is 12.8. The fourth-order valence-electron chi connectivity index (χ4n) is 2.38. The van der Waals surface area contributed by atoms with Crippen molar-refractivity contribution in [2.75, 3.05) is 32.6 Å². The maximum Gasteiger partial charge on any atom is 0.274 e. The van der Waals surface area contributed by atoms with Gasteiger partial charge in [-0.2, -0.15) is 0 Å². The number of nitrogens with one attached hydrogen (secondary N) is 1. The number of carbonyl (C=O) groups excluding carboxylic acids is 1. The molecule has 1 unspecified atom stereocenters. The van der Waals surface area contributed by atoms with Gasteiger partial charge in [0.25, 0.3) is 5.91 Å². The molecule has 0 aliphatic heterocycles. The summed E-state index contributed by atoms with van der Waals surface area (Å²) in [7, 11) is 3.40. The number of carbonyl (C=O) groups is 1. The molecule has 21 heavy (non-hydrogen) atoms. The third kappa shape index (κ3) is 3.86. The second-order valence-corrected chi connectivity index (χ2v) is 5.75. The maximum atomic E-state index is 12.8. The van der Waals surface area contributed by atoms with Gasteiger partial charge in [-0.15, -0.1) is 0 Å². The molecule has 0 aromatic carbocycles. The molecule has 0 radical (unpaired) electrons. The molecule has 0 saturated heterocycles. The zero-order valence-electron chi connectivity index (χ0n) is 12.7. The summed E-state index contributed by atoms with van der Waals surface area (Å²) in [4.78, 5) is 18.9. The van der Waals surface area contributed by atoms with Crippen LogP contribution < -0.4 is 5.32 Å². The average Bonchev–Trinajstić information content (AvgIpc) is 3.32. The molecule has 6 heteroatoms. The monoisotopic (exact) mass is 311 g/mol. The molecule has 1 heterocycles. The van der Waals surface area contributed by atoms with Crippen molar-refractivity contribution in [3.05, 3.63) is 22.8 Å². The Labute approximate surface area is 130 Å². The van der Waals surface area contributed by atoms with Gasteiger partial charge in [0.05, 0.1) is 11.6 Å². The quantitative estimate of drug-likeness (QED) is 0.841. The number of rotatable bonds is 7. The summed E-state index contributed by atoms with van der Waals surface area (Å²) in [6.07, 6.45) is 2.35. The van der Waals surface area contributed by atoms with Gasteiger partial charge in [-0.1, -0.05) is 11.6 Å². The molecular weight excluding hydrogens is 290 g/mol. The normalized spacial score (nSPS) is 15.6. The number of ether oxygens (including phenoxy) is 1. The Balaban J connectivity index is 2.23. The van der Waals surface area contributed by atoms with E-state index in [0.717, 1.165) is 0 Å². The van der Waals surface area contributed by atoms with E-state index in [0.29, 0.717) is 35.6 Å². The molecule has 116 valence electrons. The minimum absolute atomic E-state index is 0.131. The second-order valence-electron chi connectivity index (χ2n) is 5.35. The highest BCUT2D eigenvalue weighted by Gasteiger charge is 2.35. The van der Waals surface area contributed by atoms with Crippen molar-refractivity contribution in [2.45, 2.75) is 25.8 Å². The van der Waals surface area contributed by atoms with Crippen LogP contribution in [0.15, 0.2) is 12.1 Å². The third-order valence-electron chi connectivity index (χ3n) is 3.90. The minimum Gasteiger partial charge on any atom is -0.383 e. The van der Waals surface area contributed by atoms with Crippen LogP contribution >= 0.6 is 11.6 Å². The Morgan fingerprint density at radius 1 is 1.57 bits per heavy atom. The highest BCUT2D eigenvalue weighted by Crippen LogP contribution is 2.35. The first kappa shape index (κ1) is 16.0. The van der Waals surface area contributed by atoms with Crippen molar-refractivity contribution in [1.29, 1.82) is 0 Å². The number of hydrogen-bond donors (Lipinski definition) is 1. The first-order chi connectivity index (χ1) is 10.1. The average molecular weight is 312 g/mol. The molecule has 1 fully saturated rings. The second kappa shape index (κ2) is 7.09.